The number of rotatable bonds is 7. The van der Waals surface area contributed by atoms with Crippen LogP contribution in [0, 0.1) is 3.57 Å². The Labute approximate surface area is 147 Å². The van der Waals surface area contributed by atoms with Gasteiger partial charge in [-0.3, -0.25) is 4.68 Å². The lowest BCUT2D eigenvalue weighted by Gasteiger charge is -2.21. The van der Waals surface area contributed by atoms with Crippen molar-refractivity contribution in [3.05, 3.63) is 49.8 Å². The molecule has 1 aromatic carbocycles. The normalized spacial score (nSPS) is 12.6. The van der Waals surface area contributed by atoms with E-state index < -0.39 is 0 Å². The quantitative estimate of drug-likeness (QED) is 0.637. The number of nitrogens with one attached hydrogen (secondary N) is 1. The predicted octanol–water partition coefficient (Wildman–Crippen LogP) is 3.60. The van der Waals surface area contributed by atoms with Crippen molar-refractivity contribution in [1.29, 1.82) is 0 Å². The summed E-state index contributed by atoms with van der Waals surface area (Å²) >= 11 is 5.97. The van der Waals surface area contributed by atoms with E-state index in [0.29, 0.717) is 6.61 Å². The molecule has 2 aromatic rings. The molecule has 1 atom stereocenters. The van der Waals surface area contributed by atoms with Crippen molar-refractivity contribution in [1.82, 2.24) is 15.1 Å². The van der Waals surface area contributed by atoms with E-state index >= 15 is 0 Å². The molecule has 0 radical (unpaired) electrons. The Morgan fingerprint density at radius 1 is 1.48 bits per heavy atom. The summed E-state index contributed by atoms with van der Waals surface area (Å²) in [5, 5.41) is 8.00. The highest BCUT2D eigenvalue weighted by molar-refractivity contribution is 14.1. The molecule has 2 rings (SSSR count). The summed E-state index contributed by atoms with van der Waals surface area (Å²) in [4.78, 5) is 0. The lowest BCUT2D eigenvalue weighted by atomic mass is 10.0. The van der Waals surface area contributed by atoms with Gasteiger partial charge in [0.1, 0.15) is 0 Å². The molecule has 0 saturated heterocycles. The molecule has 0 aliphatic rings. The first-order valence-electron chi connectivity index (χ1n) is 6.86. The van der Waals surface area contributed by atoms with Gasteiger partial charge in [-0.25, -0.2) is 0 Å². The van der Waals surface area contributed by atoms with Crippen molar-refractivity contribution < 1.29 is 4.74 Å². The van der Waals surface area contributed by atoms with E-state index in [1.165, 1.54) is 9.13 Å². The fraction of sp³-hybridized carbons (Fsp3) is 0.400. The van der Waals surface area contributed by atoms with Gasteiger partial charge in [-0.2, -0.15) is 5.10 Å². The second-order valence-electron chi connectivity index (χ2n) is 4.64. The van der Waals surface area contributed by atoms with E-state index in [1.54, 1.807) is 7.11 Å². The molecule has 21 heavy (non-hydrogen) atoms. The van der Waals surface area contributed by atoms with E-state index in [9.17, 15) is 0 Å². The number of ether oxygens (including phenoxy) is 1. The van der Waals surface area contributed by atoms with Crippen LogP contribution in [0.25, 0.3) is 0 Å². The molecule has 0 spiro atoms. The third-order valence-electron chi connectivity index (χ3n) is 3.20. The van der Waals surface area contributed by atoms with Gasteiger partial charge in [0.15, 0.2) is 0 Å². The molecular weight excluding hydrogens is 445 g/mol. The molecule has 0 saturated carbocycles. The molecule has 1 unspecified atom stereocenters. The van der Waals surface area contributed by atoms with Crippen LogP contribution >= 0.6 is 38.5 Å². The van der Waals surface area contributed by atoms with Gasteiger partial charge in [-0.15, -0.1) is 0 Å². The average molecular weight is 464 g/mol. The van der Waals surface area contributed by atoms with E-state index in [0.717, 1.165) is 23.3 Å². The molecule has 0 aliphatic heterocycles. The summed E-state index contributed by atoms with van der Waals surface area (Å²) in [5.41, 5.74) is 2.37. The molecule has 1 heterocycles. The highest BCUT2D eigenvalue weighted by atomic mass is 127. The smallest absolute Gasteiger partial charge is 0.0760 e. The van der Waals surface area contributed by atoms with Gasteiger partial charge in [0.25, 0.3) is 0 Å². The van der Waals surface area contributed by atoms with Crippen molar-refractivity contribution in [3.63, 3.8) is 0 Å². The number of nitrogens with zero attached hydrogens (tertiary/aromatic N) is 2. The zero-order valence-electron chi connectivity index (χ0n) is 12.1. The molecule has 0 bridgehead atoms. The number of benzene rings is 1. The lowest BCUT2D eigenvalue weighted by Crippen LogP contribution is -2.26. The molecule has 0 amide bonds. The van der Waals surface area contributed by atoms with Crippen LogP contribution in [0.1, 0.15) is 24.2 Å². The van der Waals surface area contributed by atoms with Gasteiger partial charge >= 0.3 is 0 Å². The van der Waals surface area contributed by atoms with E-state index in [4.69, 9.17) is 4.74 Å². The number of aromatic nitrogens is 2. The second kappa shape index (κ2) is 8.26. The number of hydrogen-bond acceptors (Lipinski definition) is 3. The number of hydrogen-bond donors (Lipinski definition) is 1. The van der Waals surface area contributed by atoms with Crippen LogP contribution in [0.5, 0.6) is 0 Å². The maximum atomic E-state index is 5.18. The third kappa shape index (κ3) is 4.28. The van der Waals surface area contributed by atoms with Crippen molar-refractivity contribution in [2.45, 2.75) is 19.5 Å². The summed E-state index contributed by atoms with van der Waals surface area (Å²) in [6.45, 7) is 4.39. The summed E-state index contributed by atoms with van der Waals surface area (Å²) in [6.07, 6.45) is 1.85. The van der Waals surface area contributed by atoms with Crippen LogP contribution in [-0.2, 0) is 11.3 Å². The topological polar surface area (TPSA) is 39.1 Å². The van der Waals surface area contributed by atoms with Gasteiger partial charge in [-0.05, 0) is 62.8 Å². The molecule has 4 nitrogen and oxygen atoms in total. The minimum Gasteiger partial charge on any atom is -0.383 e. The third-order valence-corrected chi connectivity index (χ3v) is 4.49. The first kappa shape index (κ1) is 16.9. The zero-order valence-corrected chi connectivity index (χ0v) is 15.9. The predicted molar refractivity (Wildman–Crippen MR) is 96.5 cm³/mol. The molecule has 1 aromatic heterocycles. The van der Waals surface area contributed by atoms with E-state index in [2.05, 4.69) is 80.1 Å². The fourth-order valence-electron chi connectivity index (χ4n) is 2.28. The molecule has 0 aliphatic carbocycles. The van der Waals surface area contributed by atoms with Crippen LogP contribution in [0.4, 0.5) is 0 Å². The Morgan fingerprint density at radius 3 is 2.95 bits per heavy atom. The SMILES string of the molecule is CCNC(c1cccc(I)c1)c1c(Br)cnn1CCOC. The largest absolute Gasteiger partial charge is 0.383 e. The van der Waals surface area contributed by atoms with Crippen LogP contribution in [-0.4, -0.2) is 30.0 Å². The van der Waals surface area contributed by atoms with Gasteiger partial charge in [-0.1, -0.05) is 19.1 Å². The second-order valence-corrected chi connectivity index (χ2v) is 6.74. The fourth-order valence-corrected chi connectivity index (χ4v) is 3.37. The highest BCUT2D eigenvalue weighted by Gasteiger charge is 2.21. The molecule has 114 valence electrons. The van der Waals surface area contributed by atoms with Crippen molar-refractivity contribution >= 4 is 38.5 Å². The summed E-state index contributed by atoms with van der Waals surface area (Å²) < 4.78 is 9.42. The standard InChI is InChI=1S/C15H19BrIN3O/c1-3-18-14(11-5-4-6-12(17)9-11)15-13(16)10-19-20(15)7-8-21-2/h4-6,9-10,14,18H,3,7-8H2,1-2H3. The minimum absolute atomic E-state index is 0.110. The average Bonchev–Trinajstić information content (AvgIpc) is 2.83. The van der Waals surface area contributed by atoms with Gasteiger partial charge in [0, 0.05) is 10.7 Å². The van der Waals surface area contributed by atoms with Crippen LogP contribution < -0.4 is 5.32 Å². The Morgan fingerprint density at radius 2 is 2.29 bits per heavy atom. The molecule has 1 N–H and O–H groups in total. The number of methoxy groups -OCH3 is 1. The zero-order chi connectivity index (χ0) is 15.2. The van der Waals surface area contributed by atoms with E-state index in [1.807, 2.05) is 10.9 Å². The lowest BCUT2D eigenvalue weighted by molar-refractivity contribution is 0.182. The first-order chi connectivity index (χ1) is 10.2. The van der Waals surface area contributed by atoms with Crippen molar-refractivity contribution in [2.24, 2.45) is 0 Å². The summed E-state index contributed by atoms with van der Waals surface area (Å²) in [5.74, 6) is 0. The first-order valence-corrected chi connectivity index (χ1v) is 8.73. The summed E-state index contributed by atoms with van der Waals surface area (Å²) in [6, 6.07) is 8.65. The Kier molecular flexibility index (Phi) is 6.66. The van der Waals surface area contributed by atoms with Gasteiger partial charge in [0.2, 0.25) is 0 Å². The minimum atomic E-state index is 0.110. The van der Waals surface area contributed by atoms with E-state index in [-0.39, 0.29) is 6.04 Å². The molecule has 6 heteroatoms. The Balaban J connectivity index is 2.40. The van der Waals surface area contributed by atoms with Crippen molar-refractivity contribution in [2.75, 3.05) is 20.3 Å². The molecule has 0 fully saturated rings. The Hall–Kier alpha value is -0.440. The number of halogens is 2. The Bertz CT molecular complexity index is 588. The van der Waals surface area contributed by atoms with Gasteiger partial charge < -0.3 is 10.1 Å². The van der Waals surface area contributed by atoms with Crippen LogP contribution in [0.3, 0.4) is 0 Å². The molecular formula is C15H19BrIN3O. The maximum absolute atomic E-state index is 5.18. The monoisotopic (exact) mass is 463 g/mol. The van der Waals surface area contributed by atoms with Crippen molar-refractivity contribution in [3.8, 4) is 0 Å². The summed E-state index contributed by atoms with van der Waals surface area (Å²) in [7, 11) is 1.71. The maximum Gasteiger partial charge on any atom is 0.0760 e. The van der Waals surface area contributed by atoms with Crippen LogP contribution in [0.2, 0.25) is 0 Å². The highest BCUT2D eigenvalue weighted by Crippen LogP contribution is 2.29. The van der Waals surface area contributed by atoms with Crippen LogP contribution in [0.15, 0.2) is 34.9 Å². The van der Waals surface area contributed by atoms with Gasteiger partial charge in [0.05, 0.1) is 35.6 Å².